The van der Waals surface area contributed by atoms with E-state index in [4.69, 9.17) is 0 Å². The number of rotatable bonds is 2. The first-order valence-corrected chi connectivity index (χ1v) is 9.06. The Morgan fingerprint density at radius 2 is 1.74 bits per heavy atom. The lowest BCUT2D eigenvalue weighted by Gasteiger charge is -2.27. The van der Waals surface area contributed by atoms with Crippen molar-refractivity contribution in [2.75, 3.05) is 6.54 Å². The largest absolute Gasteiger partial charge is 0.332 e. The van der Waals surface area contributed by atoms with Crippen molar-refractivity contribution in [3.05, 3.63) is 89.9 Å². The van der Waals surface area contributed by atoms with Crippen LogP contribution in [0.2, 0.25) is 0 Å². The zero-order valence-corrected chi connectivity index (χ0v) is 14.7. The molecule has 2 aromatic carbocycles. The number of hydrogen-bond donors (Lipinski definition) is 0. The summed E-state index contributed by atoms with van der Waals surface area (Å²) < 4.78 is 1.98. The highest BCUT2D eigenvalue weighted by molar-refractivity contribution is 5.95. The van der Waals surface area contributed by atoms with Crippen molar-refractivity contribution >= 4 is 16.8 Å². The first kappa shape index (κ1) is 15.8. The third-order valence-electron chi connectivity index (χ3n) is 5.04. The zero-order valence-electron chi connectivity index (χ0n) is 14.7. The summed E-state index contributed by atoms with van der Waals surface area (Å²) in [6.07, 6.45) is 2.65. The van der Waals surface area contributed by atoms with Gasteiger partial charge in [-0.1, -0.05) is 42.5 Å². The van der Waals surface area contributed by atoms with Gasteiger partial charge in [0.05, 0.1) is 23.1 Å². The van der Waals surface area contributed by atoms with Crippen molar-refractivity contribution < 1.29 is 4.79 Å². The highest BCUT2D eigenvalue weighted by Crippen LogP contribution is 2.23. The molecule has 132 valence electrons. The van der Waals surface area contributed by atoms with E-state index in [1.165, 1.54) is 5.69 Å². The first-order chi connectivity index (χ1) is 13.3. The van der Waals surface area contributed by atoms with Crippen LogP contribution in [-0.2, 0) is 13.0 Å². The maximum Gasteiger partial charge on any atom is 0.272 e. The Morgan fingerprint density at radius 3 is 2.63 bits per heavy atom. The second-order valence-electron chi connectivity index (χ2n) is 6.73. The van der Waals surface area contributed by atoms with Gasteiger partial charge in [-0.3, -0.25) is 4.79 Å². The summed E-state index contributed by atoms with van der Waals surface area (Å²) in [7, 11) is 0. The minimum absolute atomic E-state index is 0.0288. The third kappa shape index (κ3) is 2.77. The number of nitrogens with zero attached hydrogens (tertiary/aromatic N) is 4. The van der Waals surface area contributed by atoms with E-state index >= 15 is 0 Å². The fourth-order valence-corrected chi connectivity index (χ4v) is 3.64. The molecule has 3 heterocycles. The van der Waals surface area contributed by atoms with Crippen molar-refractivity contribution in [2.24, 2.45) is 0 Å². The maximum absolute atomic E-state index is 13.0. The zero-order chi connectivity index (χ0) is 18.2. The number of pyridine rings is 1. The summed E-state index contributed by atoms with van der Waals surface area (Å²) in [5, 5.41) is 5.58. The molecule has 0 atom stereocenters. The molecule has 0 fully saturated rings. The molecule has 5 heteroatoms. The standard InChI is InChI=1S/C22H18N4O/c27-22(20-11-10-16-6-4-5-9-19(16)24-20)25-13-12-21-17(15-25)14-23-26(21)18-7-2-1-3-8-18/h1-11,14H,12-13,15H2. The number of carbonyl (C=O) groups excluding carboxylic acids is 1. The summed E-state index contributed by atoms with van der Waals surface area (Å²) in [5.74, 6) is -0.0288. The van der Waals surface area contributed by atoms with Crippen molar-refractivity contribution in [2.45, 2.75) is 13.0 Å². The Balaban J connectivity index is 1.42. The number of para-hydroxylation sites is 2. The Hall–Kier alpha value is -3.47. The average molecular weight is 354 g/mol. The van der Waals surface area contributed by atoms with Crippen LogP contribution in [-0.4, -0.2) is 32.1 Å². The van der Waals surface area contributed by atoms with E-state index in [-0.39, 0.29) is 5.91 Å². The van der Waals surface area contributed by atoms with Gasteiger partial charge in [-0.15, -0.1) is 0 Å². The molecule has 5 rings (SSSR count). The highest BCUT2D eigenvalue weighted by atomic mass is 16.2. The van der Waals surface area contributed by atoms with Crippen molar-refractivity contribution in [1.82, 2.24) is 19.7 Å². The van der Waals surface area contributed by atoms with E-state index in [1.807, 2.05) is 82.5 Å². The summed E-state index contributed by atoms with van der Waals surface area (Å²) in [6.45, 7) is 1.23. The minimum atomic E-state index is -0.0288. The number of fused-ring (bicyclic) bond motifs is 2. The molecule has 0 spiro atoms. The number of carbonyl (C=O) groups is 1. The summed E-state index contributed by atoms with van der Waals surface area (Å²) in [4.78, 5) is 19.4. The van der Waals surface area contributed by atoms with Crippen LogP contribution in [0.4, 0.5) is 0 Å². The summed E-state index contributed by atoms with van der Waals surface area (Å²) >= 11 is 0. The molecule has 0 bridgehead atoms. The van der Waals surface area contributed by atoms with E-state index in [9.17, 15) is 4.79 Å². The molecule has 0 unspecified atom stereocenters. The van der Waals surface area contributed by atoms with Crippen molar-refractivity contribution in [1.29, 1.82) is 0 Å². The molecular weight excluding hydrogens is 336 g/mol. The third-order valence-corrected chi connectivity index (χ3v) is 5.04. The number of amides is 1. The Morgan fingerprint density at radius 1 is 0.926 bits per heavy atom. The molecule has 27 heavy (non-hydrogen) atoms. The van der Waals surface area contributed by atoms with Crippen LogP contribution < -0.4 is 0 Å². The fourth-order valence-electron chi connectivity index (χ4n) is 3.64. The highest BCUT2D eigenvalue weighted by Gasteiger charge is 2.25. The molecule has 0 saturated heterocycles. The van der Waals surface area contributed by atoms with Crippen LogP contribution in [0.3, 0.4) is 0 Å². The molecule has 1 aliphatic heterocycles. The molecule has 4 aromatic rings. The monoisotopic (exact) mass is 354 g/mol. The molecule has 2 aromatic heterocycles. The predicted molar refractivity (Wildman–Crippen MR) is 104 cm³/mol. The van der Waals surface area contributed by atoms with Gasteiger partial charge in [-0.05, 0) is 24.3 Å². The Kier molecular flexibility index (Phi) is 3.71. The lowest BCUT2D eigenvalue weighted by Crippen LogP contribution is -2.36. The van der Waals surface area contributed by atoms with Gasteiger partial charge >= 0.3 is 0 Å². The van der Waals surface area contributed by atoms with E-state index in [0.717, 1.165) is 28.6 Å². The molecule has 1 amide bonds. The van der Waals surface area contributed by atoms with Gasteiger partial charge in [0.2, 0.25) is 0 Å². The van der Waals surface area contributed by atoms with Crippen LogP contribution in [0.1, 0.15) is 21.7 Å². The SMILES string of the molecule is O=C(c1ccc2ccccc2n1)N1CCc2c(cnn2-c2ccccc2)C1. The second-order valence-corrected chi connectivity index (χ2v) is 6.73. The quantitative estimate of drug-likeness (QED) is 0.552. The molecule has 0 N–H and O–H groups in total. The predicted octanol–water partition coefficient (Wildman–Crippen LogP) is 3.62. The van der Waals surface area contributed by atoms with Crippen LogP contribution in [0.25, 0.3) is 16.6 Å². The number of benzene rings is 2. The van der Waals surface area contributed by atoms with Gasteiger partial charge < -0.3 is 4.90 Å². The normalized spacial score (nSPS) is 13.6. The van der Waals surface area contributed by atoms with Crippen LogP contribution in [0.15, 0.2) is 72.9 Å². The lowest BCUT2D eigenvalue weighted by atomic mass is 10.1. The van der Waals surface area contributed by atoms with Crippen molar-refractivity contribution in [3.8, 4) is 5.69 Å². The molecule has 0 radical (unpaired) electrons. The second kappa shape index (κ2) is 6.36. The molecular formula is C22H18N4O. The smallest absolute Gasteiger partial charge is 0.272 e. The molecule has 1 aliphatic rings. The molecule has 0 saturated carbocycles. The van der Waals surface area contributed by atoms with Gasteiger partial charge in [0, 0.05) is 30.5 Å². The van der Waals surface area contributed by atoms with Gasteiger partial charge in [0.15, 0.2) is 0 Å². The minimum Gasteiger partial charge on any atom is -0.332 e. The Bertz CT molecular complexity index is 1130. The van der Waals surface area contributed by atoms with Gasteiger partial charge in [0.1, 0.15) is 5.69 Å². The first-order valence-electron chi connectivity index (χ1n) is 9.06. The molecule has 5 nitrogen and oxygen atoms in total. The van der Waals surface area contributed by atoms with E-state index in [0.29, 0.717) is 18.8 Å². The summed E-state index contributed by atoms with van der Waals surface area (Å²) in [5.41, 5.74) is 4.66. The lowest BCUT2D eigenvalue weighted by molar-refractivity contribution is 0.0728. The van der Waals surface area contributed by atoms with Crippen LogP contribution >= 0.6 is 0 Å². The van der Waals surface area contributed by atoms with E-state index in [1.54, 1.807) is 0 Å². The number of hydrogen-bond acceptors (Lipinski definition) is 3. The van der Waals surface area contributed by atoms with Gasteiger partial charge in [-0.2, -0.15) is 5.10 Å². The van der Waals surface area contributed by atoms with E-state index in [2.05, 4.69) is 10.1 Å². The topological polar surface area (TPSA) is 51.0 Å². The van der Waals surface area contributed by atoms with Gasteiger partial charge in [-0.25, -0.2) is 9.67 Å². The summed E-state index contributed by atoms with van der Waals surface area (Å²) in [6, 6.07) is 21.7. The maximum atomic E-state index is 13.0. The fraction of sp³-hybridized carbons (Fsp3) is 0.136. The van der Waals surface area contributed by atoms with Crippen LogP contribution in [0.5, 0.6) is 0 Å². The average Bonchev–Trinajstić information content (AvgIpc) is 3.17. The Labute approximate surface area is 156 Å². The van der Waals surface area contributed by atoms with Crippen molar-refractivity contribution in [3.63, 3.8) is 0 Å². The number of aromatic nitrogens is 3. The van der Waals surface area contributed by atoms with Crippen LogP contribution in [0, 0.1) is 0 Å². The van der Waals surface area contributed by atoms with E-state index < -0.39 is 0 Å². The molecule has 0 aliphatic carbocycles. The van der Waals surface area contributed by atoms with Gasteiger partial charge in [0.25, 0.3) is 5.91 Å².